The van der Waals surface area contributed by atoms with Crippen molar-refractivity contribution in [3.8, 4) is 0 Å². The van der Waals surface area contributed by atoms with Crippen molar-refractivity contribution in [2.24, 2.45) is 5.10 Å². The highest BCUT2D eigenvalue weighted by molar-refractivity contribution is 7.92. The summed E-state index contributed by atoms with van der Waals surface area (Å²) in [6.45, 7) is 1.07. The molecule has 2 aromatic carbocycles. The first-order chi connectivity index (χ1) is 13.4. The lowest BCUT2D eigenvalue weighted by atomic mass is 10.1. The SMILES string of the molecule is Cc1cc(Cl)ccc1N(CC(=O)NN=Cc1cccc(C(F)(F)F)c1)S(C)(=O)=O. The van der Waals surface area contributed by atoms with Gasteiger partial charge in [-0.2, -0.15) is 18.3 Å². The summed E-state index contributed by atoms with van der Waals surface area (Å²) in [6.07, 6.45) is -2.52. The molecule has 0 aliphatic rings. The molecular weight excluding hydrogens is 431 g/mol. The Kier molecular flexibility index (Phi) is 6.91. The zero-order chi connectivity index (χ0) is 21.8. The molecule has 29 heavy (non-hydrogen) atoms. The lowest BCUT2D eigenvalue weighted by Crippen LogP contribution is -2.39. The van der Waals surface area contributed by atoms with E-state index in [2.05, 4.69) is 10.5 Å². The van der Waals surface area contributed by atoms with Gasteiger partial charge in [0.15, 0.2) is 0 Å². The van der Waals surface area contributed by atoms with Crippen LogP contribution in [0.3, 0.4) is 0 Å². The Morgan fingerprint density at radius 1 is 1.24 bits per heavy atom. The van der Waals surface area contributed by atoms with Crippen molar-refractivity contribution < 1.29 is 26.4 Å². The number of anilines is 1. The molecule has 2 rings (SSSR count). The van der Waals surface area contributed by atoms with E-state index < -0.39 is 34.2 Å². The standard InChI is InChI=1S/C18H17ClF3N3O3S/c1-12-8-15(19)6-7-16(12)25(29(2,27)28)11-17(26)24-23-10-13-4-3-5-14(9-13)18(20,21)22/h3-10H,11H2,1-2H3,(H,24,26). The third-order valence-electron chi connectivity index (χ3n) is 3.73. The summed E-state index contributed by atoms with van der Waals surface area (Å²) in [5.41, 5.74) is 2.19. The van der Waals surface area contributed by atoms with E-state index in [1.165, 1.54) is 24.3 Å². The molecule has 11 heteroatoms. The van der Waals surface area contributed by atoms with Gasteiger partial charge in [-0.15, -0.1) is 0 Å². The van der Waals surface area contributed by atoms with Crippen molar-refractivity contribution in [1.82, 2.24) is 5.43 Å². The van der Waals surface area contributed by atoms with E-state index in [1.54, 1.807) is 13.0 Å². The molecule has 0 heterocycles. The van der Waals surface area contributed by atoms with E-state index in [9.17, 15) is 26.4 Å². The Labute approximate surface area is 171 Å². The monoisotopic (exact) mass is 447 g/mol. The number of alkyl halides is 3. The topological polar surface area (TPSA) is 78.8 Å². The Hall–Kier alpha value is -2.59. The van der Waals surface area contributed by atoms with Crippen molar-refractivity contribution in [3.05, 3.63) is 64.2 Å². The van der Waals surface area contributed by atoms with E-state index in [0.717, 1.165) is 28.9 Å². The smallest absolute Gasteiger partial charge is 0.271 e. The van der Waals surface area contributed by atoms with Crippen LogP contribution in [0.1, 0.15) is 16.7 Å². The Balaban J connectivity index is 2.12. The molecule has 0 radical (unpaired) electrons. The summed E-state index contributed by atoms with van der Waals surface area (Å²) in [5, 5.41) is 4.01. The molecule has 2 aromatic rings. The number of hydrogen-bond donors (Lipinski definition) is 1. The van der Waals surface area contributed by atoms with Crippen LogP contribution in [-0.2, 0) is 21.0 Å². The van der Waals surface area contributed by atoms with Crippen LogP contribution in [-0.4, -0.2) is 33.3 Å². The second-order valence-corrected chi connectivity index (χ2v) is 8.46. The number of hydrogen-bond acceptors (Lipinski definition) is 4. The number of aryl methyl sites for hydroxylation is 1. The summed E-state index contributed by atoms with van der Waals surface area (Å²) >= 11 is 5.87. The van der Waals surface area contributed by atoms with Gasteiger partial charge in [0.2, 0.25) is 10.0 Å². The van der Waals surface area contributed by atoms with Crippen LogP contribution in [0.15, 0.2) is 47.6 Å². The van der Waals surface area contributed by atoms with Crippen molar-refractivity contribution in [3.63, 3.8) is 0 Å². The lowest BCUT2D eigenvalue weighted by Gasteiger charge is -2.23. The van der Waals surface area contributed by atoms with E-state index in [1.807, 2.05) is 0 Å². The molecule has 1 amide bonds. The molecule has 0 atom stereocenters. The molecule has 0 unspecified atom stereocenters. The number of nitrogens with zero attached hydrogens (tertiary/aromatic N) is 2. The minimum Gasteiger partial charge on any atom is -0.271 e. The van der Waals surface area contributed by atoms with Gasteiger partial charge in [0.25, 0.3) is 5.91 Å². The third-order valence-corrected chi connectivity index (χ3v) is 5.09. The van der Waals surface area contributed by atoms with Crippen LogP contribution in [0.25, 0.3) is 0 Å². The molecule has 0 aromatic heterocycles. The fourth-order valence-corrected chi connectivity index (χ4v) is 3.56. The molecule has 1 N–H and O–H groups in total. The van der Waals surface area contributed by atoms with Crippen molar-refractivity contribution in [2.45, 2.75) is 13.1 Å². The number of benzene rings is 2. The largest absolute Gasteiger partial charge is 0.416 e. The van der Waals surface area contributed by atoms with Gasteiger partial charge in [0.05, 0.1) is 23.7 Å². The van der Waals surface area contributed by atoms with Gasteiger partial charge in [-0.1, -0.05) is 23.7 Å². The van der Waals surface area contributed by atoms with Crippen molar-refractivity contribution in [2.75, 3.05) is 17.1 Å². The Bertz CT molecular complexity index is 1040. The summed E-state index contributed by atoms with van der Waals surface area (Å²) in [6, 6.07) is 8.89. The maximum atomic E-state index is 12.7. The van der Waals surface area contributed by atoms with Crippen LogP contribution >= 0.6 is 11.6 Å². The molecule has 0 spiro atoms. The van der Waals surface area contributed by atoms with Gasteiger partial charge >= 0.3 is 6.18 Å². The predicted molar refractivity (Wildman–Crippen MR) is 106 cm³/mol. The van der Waals surface area contributed by atoms with Gasteiger partial charge in [0, 0.05) is 5.02 Å². The van der Waals surface area contributed by atoms with Crippen LogP contribution in [0, 0.1) is 6.92 Å². The van der Waals surface area contributed by atoms with E-state index in [0.29, 0.717) is 10.6 Å². The van der Waals surface area contributed by atoms with E-state index in [4.69, 9.17) is 11.6 Å². The number of rotatable bonds is 6. The number of nitrogens with one attached hydrogen (secondary N) is 1. The number of sulfonamides is 1. The number of carbonyl (C=O) groups excluding carboxylic acids is 1. The average Bonchev–Trinajstić information content (AvgIpc) is 2.59. The number of carbonyl (C=O) groups is 1. The van der Waals surface area contributed by atoms with Crippen LogP contribution in [0.4, 0.5) is 18.9 Å². The molecule has 0 saturated carbocycles. The Morgan fingerprint density at radius 2 is 1.93 bits per heavy atom. The molecule has 156 valence electrons. The second-order valence-electron chi connectivity index (χ2n) is 6.12. The molecule has 0 aliphatic heterocycles. The van der Waals surface area contributed by atoms with Crippen LogP contribution in [0.2, 0.25) is 5.02 Å². The first-order valence-corrected chi connectivity index (χ1v) is 10.3. The minimum absolute atomic E-state index is 0.119. The number of hydrazone groups is 1. The highest BCUT2D eigenvalue weighted by Crippen LogP contribution is 2.29. The number of amides is 1. The lowest BCUT2D eigenvalue weighted by molar-refractivity contribution is -0.137. The molecule has 0 saturated heterocycles. The molecule has 0 bridgehead atoms. The highest BCUT2D eigenvalue weighted by atomic mass is 35.5. The quantitative estimate of drug-likeness (QED) is 0.543. The van der Waals surface area contributed by atoms with Gasteiger partial charge in [-0.3, -0.25) is 9.10 Å². The Morgan fingerprint density at radius 3 is 2.52 bits per heavy atom. The fraction of sp³-hybridized carbons (Fsp3) is 0.222. The van der Waals surface area contributed by atoms with Crippen LogP contribution < -0.4 is 9.73 Å². The minimum atomic E-state index is -4.50. The second kappa shape index (κ2) is 8.83. The van der Waals surface area contributed by atoms with Gasteiger partial charge in [-0.05, 0) is 48.4 Å². The zero-order valence-electron chi connectivity index (χ0n) is 15.4. The van der Waals surface area contributed by atoms with Crippen molar-refractivity contribution in [1.29, 1.82) is 0 Å². The first kappa shape index (κ1) is 22.7. The highest BCUT2D eigenvalue weighted by Gasteiger charge is 2.30. The average molecular weight is 448 g/mol. The maximum absolute atomic E-state index is 12.7. The molecular formula is C18H17ClF3N3O3S. The third kappa shape index (κ3) is 6.47. The van der Waals surface area contributed by atoms with E-state index in [-0.39, 0.29) is 11.3 Å². The first-order valence-electron chi connectivity index (χ1n) is 8.11. The maximum Gasteiger partial charge on any atom is 0.416 e. The van der Waals surface area contributed by atoms with Gasteiger partial charge < -0.3 is 0 Å². The predicted octanol–water partition coefficient (Wildman–Crippen LogP) is 3.58. The van der Waals surface area contributed by atoms with Crippen LogP contribution in [0.5, 0.6) is 0 Å². The normalized spacial score (nSPS) is 12.2. The molecule has 6 nitrogen and oxygen atoms in total. The summed E-state index contributed by atoms with van der Waals surface area (Å²) in [5.74, 6) is -0.770. The number of halogens is 4. The summed E-state index contributed by atoms with van der Waals surface area (Å²) in [4.78, 5) is 12.1. The van der Waals surface area contributed by atoms with Gasteiger partial charge in [0.1, 0.15) is 6.54 Å². The van der Waals surface area contributed by atoms with Crippen molar-refractivity contribution >= 4 is 39.4 Å². The van der Waals surface area contributed by atoms with E-state index >= 15 is 0 Å². The fourth-order valence-electron chi connectivity index (χ4n) is 2.42. The van der Waals surface area contributed by atoms with Gasteiger partial charge in [-0.25, -0.2) is 13.8 Å². The molecule has 0 fully saturated rings. The molecule has 0 aliphatic carbocycles. The summed E-state index contributed by atoms with van der Waals surface area (Å²) < 4.78 is 63.2. The summed E-state index contributed by atoms with van der Waals surface area (Å²) in [7, 11) is -3.80. The zero-order valence-corrected chi connectivity index (χ0v) is 16.9.